The number of rotatable bonds is 2. The summed E-state index contributed by atoms with van der Waals surface area (Å²) in [5.41, 5.74) is 0. The van der Waals surface area contributed by atoms with E-state index in [9.17, 15) is 17.7 Å². The molecule has 0 aliphatic rings. The Labute approximate surface area is 71.4 Å². The molecule has 0 aliphatic heterocycles. The van der Waals surface area contributed by atoms with Crippen LogP contribution >= 0.6 is 14.8 Å². The van der Waals surface area contributed by atoms with Gasteiger partial charge in [-0.3, -0.25) is 9.13 Å². The Morgan fingerprint density at radius 3 is 1.50 bits per heavy atom. The molecular formula is C5H14F2O3P2. The lowest BCUT2D eigenvalue weighted by molar-refractivity contribution is 0.379. The Hall–Kier alpha value is 0.280. The van der Waals surface area contributed by atoms with Gasteiger partial charge >= 0.3 is 0 Å². The second kappa shape index (κ2) is 5.85. The fourth-order valence-corrected chi connectivity index (χ4v) is 0.146. The molecule has 0 N–H and O–H groups in total. The minimum atomic E-state index is -3.14. The molecule has 1 unspecified atom stereocenters. The van der Waals surface area contributed by atoms with Crippen LogP contribution in [0.5, 0.6) is 0 Å². The Bertz CT molecular complexity index is 185. The summed E-state index contributed by atoms with van der Waals surface area (Å²) in [6, 6.07) is 0. The third-order valence-electron chi connectivity index (χ3n) is 0.603. The SMILES string of the molecule is COP(C)(=O)CF.CP(C)(=O)F. The molecule has 0 aliphatic carbocycles. The predicted molar refractivity (Wildman–Crippen MR) is 47.1 cm³/mol. The van der Waals surface area contributed by atoms with E-state index in [0.29, 0.717) is 0 Å². The van der Waals surface area contributed by atoms with Gasteiger partial charge in [0.05, 0.1) is 0 Å². The van der Waals surface area contributed by atoms with E-state index in [1.54, 1.807) is 0 Å². The first-order chi connectivity index (χ1) is 5.12. The van der Waals surface area contributed by atoms with Crippen molar-refractivity contribution in [2.45, 2.75) is 0 Å². The number of alkyl halides is 1. The smallest absolute Gasteiger partial charge is 0.238 e. The van der Waals surface area contributed by atoms with E-state index in [2.05, 4.69) is 4.52 Å². The summed E-state index contributed by atoms with van der Waals surface area (Å²) in [6.45, 7) is 3.41. The van der Waals surface area contributed by atoms with Gasteiger partial charge in [-0.25, -0.2) is 4.39 Å². The maximum Gasteiger partial charge on any atom is 0.238 e. The Kier molecular flexibility index (Phi) is 7.20. The van der Waals surface area contributed by atoms with Crippen LogP contribution in [0.2, 0.25) is 0 Å². The van der Waals surface area contributed by atoms with Crippen molar-refractivity contribution in [2.75, 3.05) is 33.5 Å². The van der Waals surface area contributed by atoms with Gasteiger partial charge in [0, 0.05) is 27.1 Å². The van der Waals surface area contributed by atoms with E-state index < -0.39 is 21.2 Å². The molecule has 0 aromatic heterocycles. The van der Waals surface area contributed by atoms with Crippen LogP contribution in [0.1, 0.15) is 0 Å². The molecule has 0 spiro atoms. The maximum absolute atomic E-state index is 11.4. The molecule has 0 heterocycles. The molecule has 0 aromatic carbocycles. The first-order valence-electron chi connectivity index (χ1n) is 3.05. The van der Waals surface area contributed by atoms with Crippen LogP contribution in [0.25, 0.3) is 0 Å². The standard InChI is InChI=1S/C3H8FO2P.C2H6FOP/c1-6-7(2,5)3-4;1-5(2,3)4/h3H2,1-2H3;1-2H3. The van der Waals surface area contributed by atoms with Gasteiger partial charge in [-0.1, -0.05) is 0 Å². The average Bonchev–Trinajstić information content (AvgIpc) is 1.85. The zero-order chi connectivity index (χ0) is 10.4. The summed E-state index contributed by atoms with van der Waals surface area (Å²) in [6.07, 6.45) is -0.872. The number of hydrogen-bond donors (Lipinski definition) is 0. The fraction of sp³-hybridized carbons (Fsp3) is 1.00. The number of hydrogen-bond acceptors (Lipinski definition) is 3. The van der Waals surface area contributed by atoms with E-state index >= 15 is 0 Å². The van der Waals surface area contributed by atoms with Crippen LogP contribution in [-0.4, -0.2) is 33.5 Å². The second-order valence-corrected chi connectivity index (χ2v) is 7.61. The predicted octanol–water partition coefficient (Wildman–Crippen LogP) is 2.96. The zero-order valence-corrected chi connectivity index (χ0v) is 9.37. The second-order valence-electron chi connectivity index (χ2n) is 2.54. The summed E-state index contributed by atoms with van der Waals surface area (Å²) in [7, 11) is -4.72. The van der Waals surface area contributed by atoms with Gasteiger partial charge in [0.2, 0.25) is 14.8 Å². The van der Waals surface area contributed by atoms with Crippen molar-refractivity contribution in [3.05, 3.63) is 0 Å². The topological polar surface area (TPSA) is 43.4 Å². The summed E-state index contributed by atoms with van der Waals surface area (Å²) >= 11 is 0. The van der Waals surface area contributed by atoms with Crippen LogP contribution in [0.3, 0.4) is 0 Å². The van der Waals surface area contributed by atoms with Crippen LogP contribution in [0, 0.1) is 0 Å². The summed E-state index contributed by atoms with van der Waals surface area (Å²) < 4.78 is 46.8. The normalized spacial score (nSPS) is 15.8. The lowest BCUT2D eigenvalue weighted by Gasteiger charge is -2.01. The van der Waals surface area contributed by atoms with Crippen molar-refractivity contribution in [1.29, 1.82) is 0 Å². The van der Waals surface area contributed by atoms with Crippen molar-refractivity contribution in [3.63, 3.8) is 0 Å². The van der Waals surface area contributed by atoms with E-state index in [4.69, 9.17) is 0 Å². The van der Waals surface area contributed by atoms with E-state index in [1.165, 1.54) is 13.8 Å². The molecule has 0 saturated carbocycles. The van der Waals surface area contributed by atoms with Crippen molar-refractivity contribution in [2.24, 2.45) is 0 Å². The van der Waals surface area contributed by atoms with Gasteiger partial charge in [0.1, 0.15) is 0 Å². The highest BCUT2D eigenvalue weighted by molar-refractivity contribution is 7.57. The Balaban J connectivity index is 0. The minimum Gasteiger partial charge on any atom is -0.330 e. The van der Waals surface area contributed by atoms with Crippen molar-refractivity contribution >= 4 is 14.8 Å². The van der Waals surface area contributed by atoms with E-state index in [-0.39, 0.29) is 0 Å². The molecule has 0 bridgehead atoms. The number of halogens is 2. The highest BCUT2D eigenvalue weighted by Gasteiger charge is 2.10. The van der Waals surface area contributed by atoms with Gasteiger partial charge in [-0.15, -0.1) is 0 Å². The summed E-state index contributed by atoms with van der Waals surface area (Å²) in [4.78, 5) is 0. The van der Waals surface area contributed by atoms with Crippen molar-refractivity contribution < 1.29 is 22.2 Å². The molecule has 1 atom stereocenters. The highest BCUT2D eigenvalue weighted by atomic mass is 31.2. The molecule has 0 fully saturated rings. The average molecular weight is 222 g/mol. The van der Waals surface area contributed by atoms with Crippen LogP contribution in [-0.2, 0) is 13.7 Å². The van der Waals surface area contributed by atoms with Gasteiger partial charge in [0.15, 0.2) is 6.42 Å². The van der Waals surface area contributed by atoms with Crippen LogP contribution in [0.4, 0.5) is 8.59 Å². The van der Waals surface area contributed by atoms with E-state index in [0.717, 1.165) is 13.3 Å². The quantitative estimate of drug-likeness (QED) is 0.674. The molecule has 0 rings (SSSR count). The molecular weight excluding hydrogens is 208 g/mol. The molecule has 12 heavy (non-hydrogen) atoms. The molecule has 76 valence electrons. The van der Waals surface area contributed by atoms with Crippen molar-refractivity contribution in [3.8, 4) is 0 Å². The van der Waals surface area contributed by atoms with Crippen LogP contribution < -0.4 is 0 Å². The van der Waals surface area contributed by atoms with Gasteiger partial charge in [-0.05, 0) is 0 Å². The summed E-state index contributed by atoms with van der Waals surface area (Å²) in [5, 5.41) is 0. The molecule has 0 amide bonds. The van der Waals surface area contributed by atoms with Crippen molar-refractivity contribution in [1.82, 2.24) is 0 Å². The molecule has 0 radical (unpaired) electrons. The molecule has 3 nitrogen and oxygen atoms in total. The molecule has 0 saturated heterocycles. The first-order valence-corrected chi connectivity index (χ1v) is 7.80. The lowest BCUT2D eigenvalue weighted by atomic mass is 11.8. The van der Waals surface area contributed by atoms with Gasteiger partial charge in [-0.2, -0.15) is 4.20 Å². The zero-order valence-electron chi connectivity index (χ0n) is 7.58. The van der Waals surface area contributed by atoms with E-state index in [1.807, 2.05) is 0 Å². The molecule has 0 aromatic rings. The van der Waals surface area contributed by atoms with Gasteiger partial charge in [0.25, 0.3) is 0 Å². The molecule has 7 heteroatoms. The third kappa shape index (κ3) is 22.4. The van der Waals surface area contributed by atoms with Gasteiger partial charge < -0.3 is 4.52 Å². The Morgan fingerprint density at radius 1 is 1.25 bits per heavy atom. The largest absolute Gasteiger partial charge is 0.330 e. The minimum absolute atomic E-state index is 0.872. The monoisotopic (exact) mass is 222 g/mol. The highest BCUT2D eigenvalue weighted by Crippen LogP contribution is 2.40. The third-order valence-corrected chi connectivity index (χ3v) is 1.81. The fourth-order valence-electron chi connectivity index (χ4n) is 0.0488. The lowest BCUT2D eigenvalue weighted by Crippen LogP contribution is -1.81. The first kappa shape index (κ1) is 14.8. The van der Waals surface area contributed by atoms with Crippen LogP contribution in [0.15, 0.2) is 0 Å². The Morgan fingerprint density at radius 2 is 1.50 bits per heavy atom. The summed E-state index contributed by atoms with van der Waals surface area (Å²) in [5.74, 6) is 0. The maximum atomic E-state index is 11.4.